The maximum Gasteiger partial charge on any atom is 0.165 e. The second kappa shape index (κ2) is 8.98. The molecule has 2 saturated heterocycles. The van der Waals surface area contributed by atoms with Gasteiger partial charge in [-0.15, -0.1) is 0 Å². The highest BCUT2D eigenvalue weighted by Gasteiger charge is 2.43. The number of hydrogen-bond acceptors (Lipinski definition) is 6. The first-order valence-corrected chi connectivity index (χ1v) is 11.1. The highest BCUT2D eigenvalue weighted by Crippen LogP contribution is 2.41. The van der Waals surface area contributed by atoms with Crippen molar-refractivity contribution < 1.29 is 14.6 Å². The molecule has 6 nitrogen and oxygen atoms in total. The van der Waals surface area contributed by atoms with Crippen molar-refractivity contribution in [2.75, 3.05) is 60.5 Å². The van der Waals surface area contributed by atoms with Crippen LogP contribution in [-0.2, 0) is 6.54 Å². The van der Waals surface area contributed by atoms with Gasteiger partial charge in [0.1, 0.15) is 0 Å². The number of aliphatic hydroxyl groups excluding tert-OH is 1. The van der Waals surface area contributed by atoms with E-state index in [-0.39, 0.29) is 6.10 Å². The van der Waals surface area contributed by atoms with Crippen LogP contribution in [-0.4, -0.2) is 92.5 Å². The second-order valence-electron chi connectivity index (χ2n) is 8.96. The number of ether oxygens (including phenoxy) is 2. The van der Waals surface area contributed by atoms with Crippen molar-refractivity contribution in [1.82, 2.24) is 14.7 Å². The smallest absolute Gasteiger partial charge is 0.165 e. The largest absolute Gasteiger partial charge is 0.493 e. The van der Waals surface area contributed by atoms with Gasteiger partial charge in [0.05, 0.1) is 20.3 Å². The van der Waals surface area contributed by atoms with Gasteiger partial charge in [-0.3, -0.25) is 9.80 Å². The molecule has 0 aromatic heterocycles. The van der Waals surface area contributed by atoms with Crippen LogP contribution < -0.4 is 9.47 Å². The lowest BCUT2D eigenvalue weighted by Gasteiger charge is -2.44. The Kier molecular flexibility index (Phi) is 6.56. The molecule has 0 amide bonds. The fourth-order valence-corrected chi connectivity index (χ4v) is 5.77. The minimum Gasteiger partial charge on any atom is -0.493 e. The average Bonchev–Trinajstić information content (AvgIpc) is 3.08. The van der Waals surface area contributed by atoms with E-state index in [1.165, 1.54) is 0 Å². The van der Waals surface area contributed by atoms with Gasteiger partial charge < -0.3 is 19.5 Å². The Morgan fingerprint density at radius 1 is 1.03 bits per heavy atom. The third kappa shape index (κ3) is 4.52. The molecule has 0 bridgehead atoms. The van der Waals surface area contributed by atoms with Crippen LogP contribution in [0.1, 0.15) is 18.4 Å². The number of nitrogens with zero attached hydrogens (tertiary/aromatic N) is 3. The number of fused-ring (bicyclic) bond motifs is 1. The van der Waals surface area contributed by atoms with Gasteiger partial charge in [0.2, 0.25) is 0 Å². The number of likely N-dealkylation sites (tertiary alicyclic amines) is 1. The van der Waals surface area contributed by atoms with E-state index in [1.54, 1.807) is 20.3 Å². The molecule has 0 radical (unpaired) electrons. The van der Waals surface area contributed by atoms with Crippen LogP contribution in [0, 0.1) is 11.8 Å². The molecule has 1 saturated carbocycles. The molecule has 1 aromatic rings. The van der Waals surface area contributed by atoms with E-state index in [0.717, 1.165) is 70.0 Å². The highest BCUT2D eigenvalue weighted by molar-refractivity contribution is 6.30. The third-order valence-electron chi connectivity index (χ3n) is 7.11. The van der Waals surface area contributed by atoms with Crippen molar-refractivity contribution in [1.29, 1.82) is 0 Å². The van der Waals surface area contributed by atoms with Crippen molar-refractivity contribution in [2.24, 2.45) is 11.8 Å². The van der Waals surface area contributed by atoms with Crippen LogP contribution in [0.4, 0.5) is 0 Å². The molecule has 29 heavy (non-hydrogen) atoms. The van der Waals surface area contributed by atoms with Crippen LogP contribution >= 0.6 is 11.6 Å². The monoisotopic (exact) mass is 423 g/mol. The number of hydrogen-bond donors (Lipinski definition) is 1. The summed E-state index contributed by atoms with van der Waals surface area (Å²) in [6.45, 7) is 7.22. The third-order valence-corrected chi connectivity index (χ3v) is 7.32. The molecule has 162 valence electrons. The summed E-state index contributed by atoms with van der Waals surface area (Å²) >= 11 is 6.30. The van der Waals surface area contributed by atoms with Crippen molar-refractivity contribution in [3.63, 3.8) is 0 Å². The maximum absolute atomic E-state index is 10.9. The summed E-state index contributed by atoms with van der Waals surface area (Å²) in [6.07, 6.45) is 1.80. The SMILES string of the molecule is COc1cc(Cl)cc(CN2C[C@H]3C[C@@H](N4CCN(C)CC4)[C@H](O)C[C@H]3C2)c1OC. The van der Waals surface area contributed by atoms with Crippen LogP contribution in [0.5, 0.6) is 11.5 Å². The van der Waals surface area contributed by atoms with E-state index in [2.05, 4.69) is 21.7 Å². The maximum atomic E-state index is 10.9. The number of halogens is 1. The topological polar surface area (TPSA) is 48.4 Å². The number of rotatable bonds is 5. The molecule has 1 aromatic carbocycles. The molecule has 1 N–H and O–H groups in total. The molecule has 0 unspecified atom stereocenters. The first-order valence-electron chi connectivity index (χ1n) is 10.7. The highest BCUT2D eigenvalue weighted by atomic mass is 35.5. The Bertz CT molecular complexity index is 711. The summed E-state index contributed by atoms with van der Waals surface area (Å²) in [4.78, 5) is 7.38. The van der Waals surface area contributed by atoms with Gasteiger partial charge in [0, 0.05) is 68.5 Å². The Hall–Kier alpha value is -1.05. The van der Waals surface area contributed by atoms with Gasteiger partial charge in [-0.05, 0) is 37.8 Å². The lowest BCUT2D eigenvalue weighted by molar-refractivity contribution is -0.0249. The zero-order valence-corrected chi connectivity index (χ0v) is 18.6. The Labute approximate surface area is 179 Å². The molecule has 3 fully saturated rings. The molecule has 4 atom stereocenters. The number of benzene rings is 1. The molecule has 3 aliphatic rings. The van der Waals surface area contributed by atoms with Gasteiger partial charge in [-0.2, -0.15) is 0 Å². The molecule has 1 aliphatic carbocycles. The van der Waals surface area contributed by atoms with Crippen molar-refractivity contribution in [2.45, 2.75) is 31.5 Å². The summed E-state index contributed by atoms with van der Waals surface area (Å²) in [7, 11) is 5.50. The Morgan fingerprint density at radius 2 is 1.72 bits per heavy atom. The van der Waals surface area contributed by atoms with Crippen LogP contribution in [0.2, 0.25) is 5.02 Å². The summed E-state index contributed by atoms with van der Waals surface area (Å²) in [5.41, 5.74) is 1.06. The van der Waals surface area contributed by atoms with E-state index in [4.69, 9.17) is 21.1 Å². The first-order chi connectivity index (χ1) is 14.0. The lowest BCUT2D eigenvalue weighted by atomic mass is 9.77. The standard InChI is InChI=1S/C22H34ClN3O3/c1-24-4-6-26(7-5-24)19-9-15-12-25(13-16(15)10-20(19)27)14-17-8-18(23)11-21(28-2)22(17)29-3/h8,11,15-16,19-20,27H,4-7,9-10,12-14H2,1-3H3/t15-,16+,19-,20-/m1/s1. The fourth-order valence-electron chi connectivity index (χ4n) is 5.54. The van der Waals surface area contributed by atoms with Crippen LogP contribution in [0.3, 0.4) is 0 Å². The fraction of sp³-hybridized carbons (Fsp3) is 0.727. The molecular formula is C22H34ClN3O3. The van der Waals surface area contributed by atoms with Crippen molar-refractivity contribution >= 4 is 11.6 Å². The minimum atomic E-state index is -0.208. The Balaban J connectivity index is 1.42. The zero-order valence-electron chi connectivity index (χ0n) is 17.8. The molecule has 2 aliphatic heterocycles. The number of aliphatic hydroxyl groups is 1. The normalized spacial score (nSPS) is 31.6. The van der Waals surface area contributed by atoms with E-state index >= 15 is 0 Å². The molecule has 2 heterocycles. The van der Waals surface area contributed by atoms with Crippen LogP contribution in [0.15, 0.2) is 12.1 Å². The molecule has 7 heteroatoms. The van der Waals surface area contributed by atoms with E-state index < -0.39 is 0 Å². The van der Waals surface area contributed by atoms with Crippen LogP contribution in [0.25, 0.3) is 0 Å². The van der Waals surface area contributed by atoms with E-state index in [1.807, 2.05) is 6.07 Å². The molecule has 4 rings (SSSR count). The Morgan fingerprint density at radius 3 is 2.38 bits per heavy atom. The minimum absolute atomic E-state index is 0.208. The predicted octanol–water partition coefficient (Wildman–Crippen LogP) is 2.18. The van der Waals surface area contributed by atoms with Gasteiger partial charge in [0.25, 0.3) is 0 Å². The summed E-state index contributed by atoms with van der Waals surface area (Å²) in [6, 6.07) is 4.09. The van der Waals surface area contributed by atoms with Crippen molar-refractivity contribution in [3.05, 3.63) is 22.7 Å². The average molecular weight is 424 g/mol. The molecular weight excluding hydrogens is 390 g/mol. The predicted molar refractivity (Wildman–Crippen MR) is 115 cm³/mol. The summed E-state index contributed by atoms with van der Waals surface area (Å²) < 4.78 is 11.1. The van der Waals surface area contributed by atoms with Crippen molar-refractivity contribution in [3.8, 4) is 11.5 Å². The number of piperazine rings is 1. The lowest BCUT2D eigenvalue weighted by Crippen LogP contribution is -2.55. The van der Waals surface area contributed by atoms with Gasteiger partial charge in [-0.1, -0.05) is 11.6 Å². The summed E-state index contributed by atoms with van der Waals surface area (Å²) in [5, 5.41) is 11.5. The van der Waals surface area contributed by atoms with E-state index in [0.29, 0.717) is 28.6 Å². The van der Waals surface area contributed by atoms with Gasteiger partial charge in [0.15, 0.2) is 11.5 Å². The van der Waals surface area contributed by atoms with E-state index in [9.17, 15) is 5.11 Å². The number of likely N-dealkylation sites (N-methyl/N-ethyl adjacent to an activating group) is 1. The van der Waals surface area contributed by atoms with Gasteiger partial charge >= 0.3 is 0 Å². The summed E-state index contributed by atoms with van der Waals surface area (Å²) in [5.74, 6) is 2.66. The molecule has 0 spiro atoms. The quantitative estimate of drug-likeness (QED) is 0.783. The second-order valence-corrected chi connectivity index (χ2v) is 9.40. The zero-order chi connectivity index (χ0) is 20.5. The van der Waals surface area contributed by atoms with Gasteiger partial charge in [-0.25, -0.2) is 0 Å². The first kappa shape index (κ1) is 21.2. The number of methoxy groups -OCH3 is 2.